The fraction of sp³-hybridized carbons (Fsp3) is 0.310. The number of para-hydroxylation sites is 1. The predicted octanol–water partition coefficient (Wildman–Crippen LogP) is 3.92. The van der Waals surface area contributed by atoms with E-state index in [0.29, 0.717) is 43.9 Å². The van der Waals surface area contributed by atoms with Crippen LogP contribution in [0.25, 0.3) is 0 Å². The summed E-state index contributed by atoms with van der Waals surface area (Å²) >= 11 is 0. The van der Waals surface area contributed by atoms with E-state index >= 15 is 0 Å². The molecular weight excluding hydrogens is 438 g/mol. The van der Waals surface area contributed by atoms with E-state index < -0.39 is 0 Å². The minimum Gasteiger partial charge on any atom is -0.483 e. The van der Waals surface area contributed by atoms with E-state index in [2.05, 4.69) is 42.2 Å². The van der Waals surface area contributed by atoms with Crippen molar-refractivity contribution in [2.24, 2.45) is 0 Å². The molecule has 1 saturated heterocycles. The van der Waals surface area contributed by atoms with Crippen molar-refractivity contribution in [2.45, 2.75) is 19.9 Å². The third-order valence-corrected chi connectivity index (χ3v) is 6.84. The highest BCUT2D eigenvalue weighted by molar-refractivity contribution is 5.97. The zero-order chi connectivity index (χ0) is 24.2. The van der Waals surface area contributed by atoms with Crippen molar-refractivity contribution >= 4 is 17.5 Å². The Balaban J connectivity index is 1.18. The van der Waals surface area contributed by atoms with Crippen LogP contribution in [0.5, 0.6) is 5.75 Å². The maximum atomic E-state index is 13.2. The van der Waals surface area contributed by atoms with Crippen molar-refractivity contribution in [3.8, 4) is 5.75 Å². The molecule has 0 N–H and O–H groups in total. The number of ether oxygens (including phenoxy) is 1. The van der Waals surface area contributed by atoms with Gasteiger partial charge >= 0.3 is 0 Å². The number of nitrogens with zero attached hydrogens (tertiary/aromatic N) is 3. The third-order valence-electron chi connectivity index (χ3n) is 6.84. The number of rotatable bonds is 6. The Morgan fingerprint density at radius 1 is 0.886 bits per heavy atom. The van der Waals surface area contributed by atoms with Gasteiger partial charge in [0.1, 0.15) is 5.75 Å². The van der Waals surface area contributed by atoms with Crippen LogP contribution in [-0.2, 0) is 17.8 Å². The second-order valence-electron chi connectivity index (χ2n) is 9.24. The lowest BCUT2D eigenvalue weighted by molar-refractivity contribution is -0.133. The molecule has 5 rings (SSSR count). The number of piperazine rings is 1. The number of carbonyl (C=O) groups is 2. The Labute approximate surface area is 206 Å². The zero-order valence-electron chi connectivity index (χ0n) is 20.2. The van der Waals surface area contributed by atoms with E-state index in [4.69, 9.17) is 4.74 Å². The normalized spacial score (nSPS) is 15.7. The SMILES string of the molecule is Cc1cccc(CN2CCc3c(OCC(=O)N4CCN(c5ccccc5)CC4)cccc3C2=O)c1. The summed E-state index contributed by atoms with van der Waals surface area (Å²) in [6.07, 6.45) is 0.715. The molecule has 3 aromatic rings. The summed E-state index contributed by atoms with van der Waals surface area (Å²) in [5, 5.41) is 0. The van der Waals surface area contributed by atoms with E-state index in [9.17, 15) is 9.59 Å². The van der Waals surface area contributed by atoms with Gasteiger partial charge in [0.25, 0.3) is 11.8 Å². The number of carbonyl (C=O) groups excluding carboxylic acids is 2. The summed E-state index contributed by atoms with van der Waals surface area (Å²) in [6.45, 7) is 6.25. The molecule has 2 amide bonds. The molecule has 2 aliphatic rings. The number of hydrogen-bond donors (Lipinski definition) is 0. The topological polar surface area (TPSA) is 53.1 Å². The molecule has 0 radical (unpaired) electrons. The van der Waals surface area contributed by atoms with Gasteiger partial charge in [-0.1, -0.05) is 54.1 Å². The predicted molar refractivity (Wildman–Crippen MR) is 137 cm³/mol. The monoisotopic (exact) mass is 469 g/mol. The largest absolute Gasteiger partial charge is 0.483 e. The van der Waals surface area contributed by atoms with Crippen molar-refractivity contribution in [1.82, 2.24) is 9.80 Å². The lowest BCUT2D eigenvalue weighted by Gasteiger charge is -2.36. The van der Waals surface area contributed by atoms with Crippen molar-refractivity contribution in [3.63, 3.8) is 0 Å². The summed E-state index contributed by atoms with van der Waals surface area (Å²) < 4.78 is 5.97. The first-order chi connectivity index (χ1) is 17.1. The highest BCUT2D eigenvalue weighted by Gasteiger charge is 2.27. The molecule has 6 nitrogen and oxygen atoms in total. The van der Waals surface area contributed by atoms with Crippen LogP contribution in [0.15, 0.2) is 72.8 Å². The van der Waals surface area contributed by atoms with Crippen molar-refractivity contribution in [2.75, 3.05) is 44.2 Å². The number of fused-ring (bicyclic) bond motifs is 1. The van der Waals surface area contributed by atoms with Crippen LogP contribution in [0.4, 0.5) is 5.69 Å². The molecule has 2 heterocycles. The van der Waals surface area contributed by atoms with Gasteiger partial charge in [-0.3, -0.25) is 9.59 Å². The number of hydrogen-bond acceptors (Lipinski definition) is 4. The van der Waals surface area contributed by atoms with Gasteiger partial charge in [0.15, 0.2) is 6.61 Å². The Morgan fingerprint density at radius 2 is 1.66 bits per heavy atom. The minimum absolute atomic E-state index is 0.0109. The first-order valence-corrected chi connectivity index (χ1v) is 12.3. The highest BCUT2D eigenvalue weighted by atomic mass is 16.5. The van der Waals surface area contributed by atoms with Crippen molar-refractivity contribution < 1.29 is 14.3 Å². The molecule has 0 bridgehead atoms. The quantitative estimate of drug-likeness (QED) is 0.549. The first-order valence-electron chi connectivity index (χ1n) is 12.3. The van der Waals surface area contributed by atoms with Crippen LogP contribution in [-0.4, -0.2) is 60.9 Å². The van der Waals surface area contributed by atoms with E-state index in [0.717, 1.165) is 24.2 Å². The summed E-state index contributed by atoms with van der Waals surface area (Å²) in [5.41, 5.74) is 5.08. The van der Waals surface area contributed by atoms with E-state index in [1.54, 1.807) is 0 Å². The molecule has 0 aromatic heterocycles. The van der Waals surface area contributed by atoms with Gasteiger partial charge in [-0.25, -0.2) is 0 Å². The average Bonchev–Trinajstić information content (AvgIpc) is 2.89. The van der Waals surface area contributed by atoms with Gasteiger partial charge < -0.3 is 19.4 Å². The molecule has 2 aliphatic heterocycles. The highest BCUT2D eigenvalue weighted by Crippen LogP contribution is 2.29. The summed E-state index contributed by atoms with van der Waals surface area (Å²) in [5.74, 6) is 0.641. The number of anilines is 1. The van der Waals surface area contributed by atoms with Crippen LogP contribution >= 0.6 is 0 Å². The molecule has 6 heteroatoms. The van der Waals surface area contributed by atoms with Crippen molar-refractivity contribution in [1.29, 1.82) is 0 Å². The van der Waals surface area contributed by atoms with E-state index in [-0.39, 0.29) is 18.4 Å². The van der Waals surface area contributed by atoms with Gasteiger partial charge in [0.05, 0.1) is 0 Å². The Morgan fingerprint density at radius 3 is 2.43 bits per heavy atom. The van der Waals surface area contributed by atoms with Gasteiger partial charge in [-0.05, 0) is 43.2 Å². The first kappa shape index (κ1) is 23.0. The van der Waals surface area contributed by atoms with Crippen LogP contribution in [0, 0.1) is 6.92 Å². The smallest absolute Gasteiger partial charge is 0.260 e. The van der Waals surface area contributed by atoms with Crippen LogP contribution < -0.4 is 9.64 Å². The molecular formula is C29H31N3O3. The summed E-state index contributed by atoms with van der Waals surface area (Å²) in [6, 6.07) is 24.1. The molecule has 35 heavy (non-hydrogen) atoms. The fourth-order valence-corrected chi connectivity index (χ4v) is 4.94. The second-order valence-corrected chi connectivity index (χ2v) is 9.24. The lowest BCUT2D eigenvalue weighted by Crippen LogP contribution is -2.50. The van der Waals surface area contributed by atoms with Crippen molar-refractivity contribution in [3.05, 3.63) is 95.1 Å². The molecule has 0 spiro atoms. The maximum absolute atomic E-state index is 13.2. The van der Waals surface area contributed by atoms with E-state index in [1.165, 1.54) is 11.3 Å². The minimum atomic E-state index is -0.0153. The number of amides is 2. The fourth-order valence-electron chi connectivity index (χ4n) is 4.94. The van der Waals surface area contributed by atoms with Gasteiger partial charge in [0.2, 0.25) is 0 Å². The molecule has 0 unspecified atom stereocenters. The Kier molecular flexibility index (Phi) is 6.70. The Hall–Kier alpha value is -3.80. The van der Waals surface area contributed by atoms with Gasteiger partial charge in [-0.15, -0.1) is 0 Å². The zero-order valence-corrected chi connectivity index (χ0v) is 20.2. The average molecular weight is 470 g/mol. The van der Waals surface area contributed by atoms with E-state index in [1.807, 2.05) is 52.3 Å². The van der Waals surface area contributed by atoms with Gasteiger partial charge in [0, 0.05) is 56.1 Å². The number of aryl methyl sites for hydroxylation is 1. The van der Waals surface area contributed by atoms with Crippen LogP contribution in [0.3, 0.4) is 0 Å². The number of benzene rings is 3. The lowest BCUT2D eigenvalue weighted by atomic mass is 9.97. The summed E-state index contributed by atoms with van der Waals surface area (Å²) in [4.78, 5) is 32.1. The standard InChI is InChI=1S/C29H31N3O3/c1-22-7-5-8-23(19-22)20-32-14-13-25-26(29(32)34)11-6-12-27(25)35-21-28(33)31-17-15-30(16-18-31)24-9-3-2-4-10-24/h2-12,19H,13-18,20-21H2,1H3. The summed E-state index contributed by atoms with van der Waals surface area (Å²) in [7, 11) is 0. The third kappa shape index (κ3) is 5.16. The molecule has 0 aliphatic carbocycles. The van der Waals surface area contributed by atoms with Gasteiger partial charge in [-0.2, -0.15) is 0 Å². The molecule has 3 aromatic carbocycles. The molecule has 180 valence electrons. The molecule has 0 saturated carbocycles. The van der Waals surface area contributed by atoms with Crippen LogP contribution in [0.1, 0.15) is 27.0 Å². The molecule has 0 atom stereocenters. The second kappa shape index (κ2) is 10.2. The maximum Gasteiger partial charge on any atom is 0.260 e. The Bertz CT molecular complexity index is 1200. The van der Waals surface area contributed by atoms with Crippen LogP contribution in [0.2, 0.25) is 0 Å². The molecule has 1 fully saturated rings.